The van der Waals surface area contributed by atoms with Gasteiger partial charge in [-0.3, -0.25) is 0 Å². The van der Waals surface area contributed by atoms with Crippen LogP contribution >= 0.6 is 0 Å². The fourth-order valence-corrected chi connectivity index (χ4v) is 1.57. The average Bonchev–Trinajstić information content (AvgIpc) is 2.41. The van der Waals surface area contributed by atoms with Crippen molar-refractivity contribution >= 4 is 11.8 Å². The van der Waals surface area contributed by atoms with Crippen molar-refractivity contribution in [2.45, 2.75) is 6.92 Å². The van der Waals surface area contributed by atoms with E-state index < -0.39 is 0 Å². The number of para-hydroxylation sites is 2. The molecule has 6 heteroatoms. The Kier molecular flexibility index (Phi) is 3.61. The molecule has 2 N–H and O–H groups in total. The molecule has 0 atom stereocenters. The Labute approximate surface area is 111 Å². The van der Waals surface area contributed by atoms with Gasteiger partial charge in [-0.25, -0.2) is 5.53 Å². The predicted octanol–water partition coefficient (Wildman–Crippen LogP) is 2.87. The number of hydrogen-bond acceptors (Lipinski definition) is 5. The molecule has 1 aliphatic heterocycles. The Morgan fingerprint density at radius 1 is 1.53 bits per heavy atom. The average molecular weight is 259 g/mol. The van der Waals surface area contributed by atoms with Crippen molar-refractivity contribution in [2.75, 3.05) is 12.5 Å². The number of hydrogen-bond donors (Lipinski definition) is 2. The van der Waals surface area contributed by atoms with E-state index in [4.69, 9.17) is 15.0 Å². The van der Waals surface area contributed by atoms with Crippen LogP contribution in [0.1, 0.15) is 6.92 Å². The highest BCUT2D eigenvalue weighted by Crippen LogP contribution is 2.27. The van der Waals surface area contributed by atoms with Crippen molar-refractivity contribution in [3.63, 3.8) is 0 Å². The summed E-state index contributed by atoms with van der Waals surface area (Å²) >= 11 is 0. The topological polar surface area (TPSA) is 69.7 Å². The molecule has 1 heterocycles. The number of nitrogens with one attached hydrogen (secondary N) is 2. The molecule has 1 aromatic carbocycles. The van der Waals surface area contributed by atoms with Gasteiger partial charge in [0.15, 0.2) is 18.6 Å². The van der Waals surface area contributed by atoms with Crippen LogP contribution in [0.25, 0.3) is 0 Å². The van der Waals surface area contributed by atoms with Crippen molar-refractivity contribution in [1.29, 1.82) is 5.53 Å². The van der Waals surface area contributed by atoms with E-state index in [-0.39, 0.29) is 11.8 Å². The van der Waals surface area contributed by atoms with Crippen LogP contribution in [0.4, 0.5) is 5.69 Å². The number of benzene rings is 1. The van der Waals surface area contributed by atoms with Crippen LogP contribution < -0.4 is 10.2 Å². The lowest BCUT2D eigenvalue weighted by Gasteiger charge is -2.16. The van der Waals surface area contributed by atoms with Gasteiger partial charge in [0.25, 0.3) is 0 Å². The first kappa shape index (κ1) is 12.8. The summed E-state index contributed by atoms with van der Waals surface area (Å²) in [5.74, 6) is 0.911. The molecule has 0 saturated carbocycles. The lowest BCUT2D eigenvalue weighted by molar-refractivity contribution is -0.484. The van der Waals surface area contributed by atoms with Gasteiger partial charge in [-0.2, -0.15) is 10.5 Å². The molecule has 0 unspecified atom stereocenters. The predicted molar refractivity (Wildman–Crippen MR) is 71.0 cm³/mol. The highest BCUT2D eigenvalue weighted by molar-refractivity contribution is 5.73. The number of anilines is 1. The van der Waals surface area contributed by atoms with Crippen LogP contribution in [0.15, 0.2) is 53.5 Å². The molecule has 2 rings (SSSR count). The van der Waals surface area contributed by atoms with Crippen molar-refractivity contribution < 1.29 is 14.2 Å². The standard InChI is InChI=1S/C13H15N4O2/c1-4-10(15-14)9(2)18-13-17(3)16-11-7-5-6-8-12(11)19-13/h4-8,14,16H,2H2,1,3H3/q+1/b10-4+,15-14?. The largest absolute Gasteiger partial charge is 0.590 e. The van der Waals surface area contributed by atoms with Crippen molar-refractivity contribution in [1.82, 2.24) is 0 Å². The van der Waals surface area contributed by atoms with Crippen LogP contribution in [0, 0.1) is 5.53 Å². The third-order valence-corrected chi connectivity index (χ3v) is 2.54. The lowest BCUT2D eigenvalue weighted by atomic mass is 10.3. The lowest BCUT2D eigenvalue weighted by Crippen LogP contribution is -2.33. The minimum absolute atomic E-state index is 0.228. The summed E-state index contributed by atoms with van der Waals surface area (Å²) in [6.45, 7) is 5.48. The SMILES string of the molecule is C=C(OC1=[N+](C)Nc2ccccc2O1)/C(=C\C)N=N. The number of nitrogens with zero attached hydrogens (tertiary/aromatic N) is 2. The van der Waals surface area contributed by atoms with E-state index in [1.165, 1.54) is 0 Å². The number of hydrazone groups is 1. The van der Waals surface area contributed by atoms with Crippen molar-refractivity contribution in [2.24, 2.45) is 5.11 Å². The van der Waals surface area contributed by atoms with E-state index in [2.05, 4.69) is 17.1 Å². The Morgan fingerprint density at radius 2 is 2.26 bits per heavy atom. The van der Waals surface area contributed by atoms with E-state index in [1.807, 2.05) is 24.3 Å². The van der Waals surface area contributed by atoms with Crippen LogP contribution in [0.2, 0.25) is 0 Å². The number of hydrazine groups is 1. The number of ether oxygens (including phenoxy) is 2. The summed E-state index contributed by atoms with van der Waals surface area (Å²) in [5.41, 5.74) is 11.3. The fourth-order valence-electron chi connectivity index (χ4n) is 1.57. The summed E-state index contributed by atoms with van der Waals surface area (Å²) in [7, 11) is 1.76. The highest BCUT2D eigenvalue weighted by Gasteiger charge is 2.27. The maximum Gasteiger partial charge on any atom is 0.590 e. The third kappa shape index (κ3) is 2.62. The zero-order chi connectivity index (χ0) is 13.8. The van der Waals surface area contributed by atoms with Gasteiger partial charge in [-0.05, 0) is 23.7 Å². The molecule has 0 radical (unpaired) electrons. The van der Waals surface area contributed by atoms with Gasteiger partial charge < -0.3 is 9.47 Å². The van der Waals surface area contributed by atoms with E-state index in [1.54, 1.807) is 24.7 Å². The number of allylic oxidation sites excluding steroid dienone is 1. The molecule has 1 aromatic rings. The molecule has 98 valence electrons. The Morgan fingerprint density at radius 3 is 2.95 bits per heavy atom. The van der Waals surface area contributed by atoms with Gasteiger partial charge >= 0.3 is 6.08 Å². The normalized spacial score (nSPS) is 14.1. The van der Waals surface area contributed by atoms with E-state index in [9.17, 15) is 0 Å². The summed E-state index contributed by atoms with van der Waals surface area (Å²) in [6.07, 6.45) is 1.87. The minimum atomic E-state index is 0.228. The summed E-state index contributed by atoms with van der Waals surface area (Å²) in [5, 5.41) is 3.32. The molecule has 0 amide bonds. The Balaban J connectivity index is 2.19. The van der Waals surface area contributed by atoms with Gasteiger partial charge in [0.1, 0.15) is 11.4 Å². The van der Waals surface area contributed by atoms with Gasteiger partial charge in [0.05, 0.1) is 0 Å². The first-order valence-electron chi connectivity index (χ1n) is 5.71. The molecule has 6 nitrogen and oxygen atoms in total. The van der Waals surface area contributed by atoms with Gasteiger partial charge in [-0.15, -0.1) is 0 Å². The van der Waals surface area contributed by atoms with E-state index in [0.717, 1.165) is 5.69 Å². The smallest absolute Gasteiger partial charge is 0.371 e. The minimum Gasteiger partial charge on any atom is -0.371 e. The quantitative estimate of drug-likeness (QED) is 0.379. The first-order valence-corrected chi connectivity index (χ1v) is 5.71. The van der Waals surface area contributed by atoms with Crippen LogP contribution in [-0.4, -0.2) is 17.8 Å². The second-order valence-corrected chi connectivity index (χ2v) is 3.85. The van der Waals surface area contributed by atoms with Gasteiger partial charge in [-0.1, -0.05) is 24.8 Å². The molecule has 0 aromatic heterocycles. The second kappa shape index (κ2) is 5.34. The molecule has 0 spiro atoms. The van der Waals surface area contributed by atoms with E-state index in [0.29, 0.717) is 11.4 Å². The number of rotatable bonds is 3. The molecule has 0 saturated heterocycles. The molecule has 1 aliphatic rings. The summed E-state index contributed by atoms with van der Waals surface area (Å²) < 4.78 is 12.7. The molecule has 0 fully saturated rings. The van der Waals surface area contributed by atoms with Crippen LogP contribution in [0.5, 0.6) is 5.75 Å². The van der Waals surface area contributed by atoms with Crippen molar-refractivity contribution in [3.8, 4) is 5.75 Å². The maximum absolute atomic E-state index is 7.01. The molecular weight excluding hydrogens is 244 g/mol. The molecule has 19 heavy (non-hydrogen) atoms. The highest BCUT2D eigenvalue weighted by atomic mass is 16.7. The maximum atomic E-state index is 7.01. The number of fused-ring (bicyclic) bond motifs is 1. The summed E-state index contributed by atoms with van der Waals surface area (Å²) in [6, 6.07) is 7.50. The molecular formula is C13H15N4O2+. The summed E-state index contributed by atoms with van der Waals surface area (Å²) in [4.78, 5) is 0. The Bertz CT molecular complexity index is 590. The monoisotopic (exact) mass is 259 g/mol. The second-order valence-electron chi connectivity index (χ2n) is 3.85. The van der Waals surface area contributed by atoms with E-state index >= 15 is 0 Å². The zero-order valence-corrected chi connectivity index (χ0v) is 10.8. The fraction of sp³-hybridized carbons (Fsp3) is 0.154. The first-order chi connectivity index (χ1) is 9.15. The van der Waals surface area contributed by atoms with Crippen molar-refractivity contribution in [3.05, 3.63) is 48.4 Å². The van der Waals surface area contributed by atoms with Crippen LogP contribution in [0.3, 0.4) is 0 Å². The van der Waals surface area contributed by atoms with Crippen LogP contribution in [-0.2, 0) is 4.74 Å². The third-order valence-electron chi connectivity index (χ3n) is 2.54. The van der Waals surface area contributed by atoms with Gasteiger partial charge in [0.2, 0.25) is 0 Å². The molecule has 0 bridgehead atoms. The zero-order valence-electron chi connectivity index (χ0n) is 10.8. The van der Waals surface area contributed by atoms with Gasteiger partial charge in [0, 0.05) is 0 Å². The Hall–Kier alpha value is -2.63. The molecule has 0 aliphatic carbocycles.